The zero-order chi connectivity index (χ0) is 14.1. The molecule has 1 heterocycles. The molecule has 100 valence electrons. The summed E-state index contributed by atoms with van der Waals surface area (Å²) >= 11 is 6.23. The maximum absolute atomic E-state index is 13.4. The van der Waals surface area contributed by atoms with Crippen molar-refractivity contribution in [1.82, 2.24) is 4.98 Å². The number of hydrogen-bond donors (Lipinski definition) is 0. The van der Waals surface area contributed by atoms with E-state index in [1.807, 2.05) is 37.3 Å². The van der Waals surface area contributed by atoms with Gasteiger partial charge in [0.2, 0.25) is 0 Å². The van der Waals surface area contributed by atoms with Crippen LogP contribution < -0.4 is 0 Å². The summed E-state index contributed by atoms with van der Waals surface area (Å²) in [6.45, 7) is 2.04. The van der Waals surface area contributed by atoms with Gasteiger partial charge in [-0.15, -0.1) is 0 Å². The van der Waals surface area contributed by atoms with Gasteiger partial charge in [0, 0.05) is 21.7 Å². The second-order valence-corrected chi connectivity index (χ2v) is 5.06. The van der Waals surface area contributed by atoms with Crippen LogP contribution in [0.3, 0.4) is 0 Å². The molecule has 3 rings (SSSR count). The van der Waals surface area contributed by atoms with Gasteiger partial charge in [-0.3, -0.25) is 4.98 Å². The fraction of sp³-hybridized carbons (Fsp3) is 0.118. The Hall–Kier alpha value is -1.93. The molecule has 0 N–H and O–H groups in total. The molecule has 3 heteroatoms. The van der Waals surface area contributed by atoms with Crippen molar-refractivity contribution in [3.05, 3.63) is 65.1 Å². The lowest BCUT2D eigenvalue weighted by molar-refractivity contribution is 0.628. The number of halogens is 2. The summed E-state index contributed by atoms with van der Waals surface area (Å²) in [7, 11) is 0. The molecule has 0 saturated carbocycles. The molecule has 0 atom stereocenters. The van der Waals surface area contributed by atoms with Crippen molar-refractivity contribution >= 4 is 22.5 Å². The first-order valence-corrected chi connectivity index (χ1v) is 6.91. The predicted octanol–water partition coefficient (Wildman–Crippen LogP) is 5.26. The monoisotopic (exact) mass is 285 g/mol. The molecule has 0 radical (unpaired) electrons. The maximum atomic E-state index is 13.4. The first kappa shape index (κ1) is 13.1. The van der Waals surface area contributed by atoms with Crippen LogP contribution in [-0.2, 0) is 6.42 Å². The lowest BCUT2D eigenvalue weighted by atomic mass is 10.00. The first-order valence-electron chi connectivity index (χ1n) is 6.53. The van der Waals surface area contributed by atoms with Gasteiger partial charge in [0.1, 0.15) is 5.82 Å². The molecule has 2 aromatic carbocycles. The van der Waals surface area contributed by atoms with Crippen LogP contribution in [-0.4, -0.2) is 4.98 Å². The van der Waals surface area contributed by atoms with E-state index >= 15 is 0 Å². The molecule has 1 nitrogen and oxygen atoms in total. The Labute approximate surface area is 122 Å². The summed E-state index contributed by atoms with van der Waals surface area (Å²) in [5.74, 6) is -0.246. The molecule has 0 aliphatic carbocycles. The van der Waals surface area contributed by atoms with Gasteiger partial charge in [0.25, 0.3) is 0 Å². The molecule has 3 aromatic rings. The zero-order valence-electron chi connectivity index (χ0n) is 11.0. The third-order valence-electron chi connectivity index (χ3n) is 3.36. The third-order valence-corrected chi connectivity index (χ3v) is 3.68. The fourth-order valence-electron chi connectivity index (χ4n) is 2.37. The third kappa shape index (κ3) is 2.27. The van der Waals surface area contributed by atoms with E-state index in [9.17, 15) is 4.39 Å². The topological polar surface area (TPSA) is 12.9 Å². The highest BCUT2D eigenvalue weighted by molar-refractivity contribution is 6.35. The number of fused-ring (bicyclic) bond motifs is 1. The van der Waals surface area contributed by atoms with Crippen molar-refractivity contribution in [3.63, 3.8) is 0 Å². The van der Waals surface area contributed by atoms with E-state index < -0.39 is 0 Å². The average molecular weight is 286 g/mol. The van der Waals surface area contributed by atoms with E-state index in [-0.39, 0.29) is 5.82 Å². The van der Waals surface area contributed by atoms with Crippen LogP contribution in [0.1, 0.15) is 12.6 Å². The minimum absolute atomic E-state index is 0.246. The Bertz CT molecular complexity index is 783. The van der Waals surface area contributed by atoms with Crippen LogP contribution in [0.4, 0.5) is 4.39 Å². The molecule has 0 saturated heterocycles. The Kier molecular flexibility index (Phi) is 3.41. The molecule has 0 bridgehead atoms. The molecule has 1 aromatic heterocycles. The van der Waals surface area contributed by atoms with Gasteiger partial charge in [0.15, 0.2) is 0 Å². The van der Waals surface area contributed by atoms with Gasteiger partial charge in [0.05, 0.1) is 5.52 Å². The number of benzene rings is 2. The lowest BCUT2D eigenvalue weighted by Gasteiger charge is -2.10. The van der Waals surface area contributed by atoms with Gasteiger partial charge in [-0.05, 0) is 42.3 Å². The maximum Gasteiger partial charge on any atom is 0.123 e. The minimum Gasteiger partial charge on any atom is -0.252 e. The van der Waals surface area contributed by atoms with E-state index in [4.69, 9.17) is 11.6 Å². The molecular formula is C17H13ClFN. The van der Waals surface area contributed by atoms with Crippen LogP contribution >= 0.6 is 11.6 Å². The Balaban J connectivity index is 2.31. The summed E-state index contributed by atoms with van der Waals surface area (Å²) in [6.07, 6.45) is 0.786. The van der Waals surface area contributed by atoms with E-state index in [0.717, 1.165) is 34.1 Å². The summed E-state index contributed by atoms with van der Waals surface area (Å²) < 4.78 is 13.4. The molecule has 0 unspecified atom stereocenters. The number of rotatable bonds is 2. The molecule has 0 aliphatic heterocycles. The van der Waals surface area contributed by atoms with Crippen LogP contribution in [0.2, 0.25) is 5.02 Å². The predicted molar refractivity (Wildman–Crippen MR) is 81.5 cm³/mol. The van der Waals surface area contributed by atoms with E-state index in [1.54, 1.807) is 6.07 Å². The van der Waals surface area contributed by atoms with Crippen molar-refractivity contribution in [2.45, 2.75) is 13.3 Å². The van der Waals surface area contributed by atoms with E-state index in [2.05, 4.69) is 4.98 Å². The van der Waals surface area contributed by atoms with Gasteiger partial charge >= 0.3 is 0 Å². The minimum atomic E-state index is -0.246. The quantitative estimate of drug-likeness (QED) is 0.626. The van der Waals surface area contributed by atoms with Crippen molar-refractivity contribution in [2.75, 3.05) is 0 Å². The molecule has 20 heavy (non-hydrogen) atoms. The van der Waals surface area contributed by atoms with Crippen molar-refractivity contribution in [3.8, 4) is 11.1 Å². The first-order chi connectivity index (χ1) is 9.69. The van der Waals surface area contributed by atoms with Gasteiger partial charge in [-0.1, -0.05) is 36.7 Å². The van der Waals surface area contributed by atoms with Crippen LogP contribution in [0.25, 0.3) is 22.0 Å². The Morgan fingerprint density at radius 2 is 1.90 bits per heavy atom. The van der Waals surface area contributed by atoms with E-state index in [0.29, 0.717) is 5.02 Å². The highest BCUT2D eigenvalue weighted by atomic mass is 35.5. The van der Waals surface area contributed by atoms with Crippen LogP contribution in [0, 0.1) is 5.82 Å². The Morgan fingerprint density at radius 1 is 1.10 bits per heavy atom. The summed E-state index contributed by atoms with van der Waals surface area (Å²) in [5, 5.41) is 1.56. The molecule has 0 spiro atoms. The lowest BCUT2D eigenvalue weighted by Crippen LogP contribution is -1.94. The number of aromatic nitrogens is 1. The van der Waals surface area contributed by atoms with E-state index in [1.165, 1.54) is 12.1 Å². The number of nitrogens with zero attached hydrogens (tertiary/aromatic N) is 1. The molecular weight excluding hydrogens is 273 g/mol. The van der Waals surface area contributed by atoms with Crippen molar-refractivity contribution in [1.29, 1.82) is 0 Å². The fourth-order valence-corrected chi connectivity index (χ4v) is 2.60. The second-order valence-electron chi connectivity index (χ2n) is 4.65. The zero-order valence-corrected chi connectivity index (χ0v) is 11.8. The smallest absolute Gasteiger partial charge is 0.123 e. The number of pyridine rings is 1. The standard InChI is InChI=1S/C17H13ClFN/c1-2-16-13(11-5-3-6-12(19)9-11)10-14-15(18)7-4-8-17(14)20-16/h3-10H,2H2,1H3. The molecule has 0 aliphatic rings. The second kappa shape index (κ2) is 5.22. The van der Waals surface area contributed by atoms with Crippen molar-refractivity contribution in [2.24, 2.45) is 0 Å². The molecule has 0 amide bonds. The number of hydrogen-bond acceptors (Lipinski definition) is 1. The van der Waals surface area contributed by atoms with Gasteiger partial charge in [-0.25, -0.2) is 4.39 Å². The highest BCUT2D eigenvalue weighted by Gasteiger charge is 2.10. The van der Waals surface area contributed by atoms with Crippen LogP contribution in [0.15, 0.2) is 48.5 Å². The SMILES string of the molecule is CCc1nc2cccc(Cl)c2cc1-c1cccc(F)c1. The van der Waals surface area contributed by atoms with Crippen molar-refractivity contribution < 1.29 is 4.39 Å². The summed E-state index contributed by atoms with van der Waals surface area (Å²) in [6, 6.07) is 14.2. The van der Waals surface area contributed by atoms with Gasteiger partial charge in [-0.2, -0.15) is 0 Å². The van der Waals surface area contributed by atoms with Gasteiger partial charge < -0.3 is 0 Å². The molecule has 0 fully saturated rings. The average Bonchev–Trinajstić information content (AvgIpc) is 2.46. The number of aryl methyl sites for hydroxylation is 1. The Morgan fingerprint density at radius 3 is 2.65 bits per heavy atom. The summed E-state index contributed by atoms with van der Waals surface area (Å²) in [5.41, 5.74) is 3.59. The van der Waals surface area contributed by atoms with Crippen LogP contribution in [0.5, 0.6) is 0 Å². The normalized spacial score (nSPS) is 10.9. The highest BCUT2D eigenvalue weighted by Crippen LogP contribution is 2.30. The summed E-state index contributed by atoms with van der Waals surface area (Å²) in [4.78, 5) is 4.65. The largest absolute Gasteiger partial charge is 0.252 e.